The van der Waals surface area contributed by atoms with E-state index in [9.17, 15) is 9.59 Å². The third-order valence-electron chi connectivity index (χ3n) is 3.17. The van der Waals surface area contributed by atoms with Gasteiger partial charge in [-0.05, 0) is 17.7 Å². The summed E-state index contributed by atoms with van der Waals surface area (Å²) in [5.74, 6) is -0.715. The molecule has 0 aliphatic rings. The van der Waals surface area contributed by atoms with Crippen molar-refractivity contribution in [1.29, 1.82) is 0 Å². The van der Waals surface area contributed by atoms with Crippen molar-refractivity contribution in [2.45, 2.75) is 18.9 Å². The fourth-order valence-corrected chi connectivity index (χ4v) is 2.29. The molecule has 1 atom stereocenters. The number of aryl methyl sites for hydroxylation is 1. The van der Waals surface area contributed by atoms with Crippen molar-refractivity contribution in [3.05, 3.63) is 53.1 Å². The number of carbonyl (C=O) groups is 2. The van der Waals surface area contributed by atoms with E-state index < -0.39 is 12.0 Å². The Morgan fingerprint density at radius 1 is 1.41 bits per heavy atom. The highest BCUT2D eigenvalue weighted by Gasteiger charge is 2.21. The molecule has 0 fully saturated rings. The molecule has 1 amide bonds. The van der Waals surface area contributed by atoms with Crippen molar-refractivity contribution in [3.8, 4) is 0 Å². The van der Waals surface area contributed by atoms with Crippen molar-refractivity contribution in [3.63, 3.8) is 0 Å². The lowest BCUT2D eigenvalue weighted by atomic mass is 10.1. The first-order valence-corrected chi connectivity index (χ1v) is 7.09. The summed E-state index contributed by atoms with van der Waals surface area (Å²) >= 11 is 6.01. The Labute approximate surface area is 132 Å². The molecule has 1 aromatic heterocycles. The zero-order chi connectivity index (χ0) is 16.1. The van der Waals surface area contributed by atoms with E-state index in [0.29, 0.717) is 10.8 Å². The largest absolute Gasteiger partial charge is 0.481 e. The van der Waals surface area contributed by atoms with Gasteiger partial charge in [-0.25, -0.2) is 4.98 Å². The molecule has 0 aliphatic heterocycles. The second kappa shape index (κ2) is 7.09. The molecular weight excluding hydrogens is 306 g/mol. The van der Waals surface area contributed by atoms with E-state index in [4.69, 9.17) is 16.7 Å². The monoisotopic (exact) mass is 321 g/mol. The Bertz CT molecular complexity index is 684. The maximum Gasteiger partial charge on any atom is 0.303 e. The number of rotatable bonds is 6. The quantitative estimate of drug-likeness (QED) is 0.853. The number of halogens is 1. The van der Waals surface area contributed by atoms with Gasteiger partial charge in [0.1, 0.15) is 11.9 Å². The number of aromatic nitrogens is 2. The normalized spacial score (nSPS) is 11.9. The number of nitrogens with one attached hydrogen (secondary N) is 1. The molecule has 1 heterocycles. The summed E-state index contributed by atoms with van der Waals surface area (Å²) < 4.78 is 1.79. The van der Waals surface area contributed by atoms with E-state index >= 15 is 0 Å². The molecule has 1 unspecified atom stereocenters. The van der Waals surface area contributed by atoms with Crippen LogP contribution in [0.15, 0.2) is 36.7 Å². The third-order valence-corrected chi connectivity index (χ3v) is 3.41. The minimum Gasteiger partial charge on any atom is -0.481 e. The number of carboxylic acid groups (broad SMARTS) is 1. The maximum absolute atomic E-state index is 12.0. The molecule has 1 aromatic carbocycles. The second-order valence-electron chi connectivity index (χ2n) is 4.85. The first kappa shape index (κ1) is 16.0. The van der Waals surface area contributed by atoms with Crippen LogP contribution in [0.5, 0.6) is 0 Å². The van der Waals surface area contributed by atoms with Crippen molar-refractivity contribution in [1.82, 2.24) is 14.9 Å². The Balaban J connectivity index is 2.25. The summed E-state index contributed by atoms with van der Waals surface area (Å²) in [5.41, 5.74) is 0.783. The van der Waals surface area contributed by atoms with Gasteiger partial charge in [-0.2, -0.15) is 0 Å². The Hall–Kier alpha value is -2.34. The lowest BCUT2D eigenvalue weighted by Crippen LogP contribution is -2.31. The van der Waals surface area contributed by atoms with Crippen LogP contribution < -0.4 is 5.32 Å². The average Bonchev–Trinajstić information content (AvgIpc) is 2.88. The van der Waals surface area contributed by atoms with E-state index in [2.05, 4.69) is 10.3 Å². The fourth-order valence-electron chi connectivity index (χ4n) is 2.09. The molecule has 2 N–H and O–H groups in total. The highest BCUT2D eigenvalue weighted by atomic mass is 35.5. The predicted molar refractivity (Wildman–Crippen MR) is 81.5 cm³/mol. The first-order chi connectivity index (χ1) is 10.5. The van der Waals surface area contributed by atoms with Crippen molar-refractivity contribution >= 4 is 23.5 Å². The summed E-state index contributed by atoms with van der Waals surface area (Å²) in [6.07, 6.45) is 3.11. The number of aliphatic carboxylic acids is 1. The van der Waals surface area contributed by atoms with Crippen LogP contribution in [-0.4, -0.2) is 26.5 Å². The molecular formula is C15H16ClN3O3. The van der Waals surface area contributed by atoms with Crippen LogP contribution in [-0.2, 0) is 16.6 Å². The zero-order valence-electron chi connectivity index (χ0n) is 12.0. The highest BCUT2D eigenvalue weighted by Crippen LogP contribution is 2.23. The minimum absolute atomic E-state index is 0.0865. The molecule has 0 radical (unpaired) electrons. The Morgan fingerprint density at radius 3 is 2.77 bits per heavy atom. The topological polar surface area (TPSA) is 84.2 Å². The number of carboxylic acids is 1. The number of carbonyl (C=O) groups excluding carboxylic acids is 1. The van der Waals surface area contributed by atoms with Gasteiger partial charge in [-0.1, -0.05) is 23.7 Å². The summed E-state index contributed by atoms with van der Waals surface area (Å²) in [5, 5.41) is 12.0. The minimum atomic E-state index is -1.01. The van der Waals surface area contributed by atoms with Gasteiger partial charge in [0.25, 0.3) is 0 Å². The highest BCUT2D eigenvalue weighted by molar-refractivity contribution is 6.30. The van der Waals surface area contributed by atoms with E-state index in [1.807, 2.05) is 13.1 Å². The zero-order valence-corrected chi connectivity index (χ0v) is 12.7. The lowest BCUT2D eigenvalue weighted by molar-refractivity contribution is -0.138. The van der Waals surface area contributed by atoms with Crippen LogP contribution in [0, 0.1) is 0 Å². The van der Waals surface area contributed by atoms with Gasteiger partial charge in [-0.15, -0.1) is 0 Å². The van der Waals surface area contributed by atoms with E-state index in [0.717, 1.165) is 5.56 Å². The summed E-state index contributed by atoms with van der Waals surface area (Å²) in [7, 11) is 1.82. The number of imidazole rings is 1. The van der Waals surface area contributed by atoms with Gasteiger partial charge in [0.15, 0.2) is 0 Å². The van der Waals surface area contributed by atoms with Crippen LogP contribution >= 0.6 is 11.6 Å². The Morgan fingerprint density at radius 2 is 2.18 bits per heavy atom. The standard InChI is InChI=1S/C15H16ClN3O3/c1-19-8-7-17-15(19)14(10-3-2-4-11(16)9-10)18-12(20)5-6-13(21)22/h2-4,7-9,14H,5-6H2,1H3,(H,18,20)(H,21,22). The predicted octanol–water partition coefficient (Wildman–Crippen LogP) is 2.14. The first-order valence-electron chi connectivity index (χ1n) is 6.71. The number of benzene rings is 1. The third kappa shape index (κ3) is 4.08. The van der Waals surface area contributed by atoms with Crippen LogP contribution in [0.4, 0.5) is 0 Å². The number of hydrogen-bond donors (Lipinski definition) is 2. The van der Waals surface area contributed by atoms with Gasteiger partial charge >= 0.3 is 5.97 Å². The van der Waals surface area contributed by atoms with Crippen LogP contribution in [0.3, 0.4) is 0 Å². The molecule has 0 bridgehead atoms. The molecule has 0 aliphatic carbocycles. The van der Waals surface area contributed by atoms with Crippen LogP contribution in [0.25, 0.3) is 0 Å². The molecule has 0 saturated carbocycles. The summed E-state index contributed by atoms with van der Waals surface area (Å²) in [6, 6.07) is 6.63. The molecule has 116 valence electrons. The molecule has 6 nitrogen and oxygen atoms in total. The SMILES string of the molecule is Cn1ccnc1C(NC(=O)CCC(=O)O)c1cccc(Cl)c1. The number of amides is 1. The Kier molecular flexibility index (Phi) is 5.16. The number of hydrogen-bond acceptors (Lipinski definition) is 3. The molecule has 22 heavy (non-hydrogen) atoms. The van der Waals surface area contributed by atoms with Gasteiger partial charge in [0.05, 0.1) is 6.42 Å². The molecule has 7 heteroatoms. The molecule has 2 rings (SSSR count). The second-order valence-corrected chi connectivity index (χ2v) is 5.28. The average molecular weight is 322 g/mol. The summed E-state index contributed by atoms with van der Waals surface area (Å²) in [6.45, 7) is 0. The fraction of sp³-hybridized carbons (Fsp3) is 0.267. The summed E-state index contributed by atoms with van der Waals surface area (Å²) in [4.78, 5) is 26.8. The smallest absolute Gasteiger partial charge is 0.303 e. The van der Waals surface area contributed by atoms with Crippen molar-refractivity contribution in [2.75, 3.05) is 0 Å². The molecule has 0 saturated heterocycles. The van der Waals surface area contributed by atoms with Gasteiger partial charge < -0.3 is 15.0 Å². The maximum atomic E-state index is 12.0. The van der Waals surface area contributed by atoms with E-state index in [1.54, 1.807) is 35.2 Å². The molecule has 0 spiro atoms. The van der Waals surface area contributed by atoms with Crippen molar-refractivity contribution < 1.29 is 14.7 Å². The van der Waals surface area contributed by atoms with Crippen molar-refractivity contribution in [2.24, 2.45) is 7.05 Å². The van der Waals surface area contributed by atoms with Crippen LogP contribution in [0.2, 0.25) is 5.02 Å². The molecule has 2 aromatic rings. The van der Waals surface area contributed by atoms with E-state index in [-0.39, 0.29) is 18.7 Å². The van der Waals surface area contributed by atoms with Gasteiger partial charge in [0.2, 0.25) is 5.91 Å². The lowest BCUT2D eigenvalue weighted by Gasteiger charge is -2.19. The van der Waals surface area contributed by atoms with Gasteiger partial charge in [0, 0.05) is 30.9 Å². The number of nitrogens with zero attached hydrogens (tertiary/aromatic N) is 2. The van der Waals surface area contributed by atoms with E-state index in [1.165, 1.54) is 0 Å². The van der Waals surface area contributed by atoms with Gasteiger partial charge in [-0.3, -0.25) is 9.59 Å². The van der Waals surface area contributed by atoms with Crippen LogP contribution in [0.1, 0.15) is 30.3 Å².